The van der Waals surface area contributed by atoms with Crippen molar-refractivity contribution in [1.82, 2.24) is 9.30 Å². The van der Waals surface area contributed by atoms with Gasteiger partial charge in [0.15, 0.2) is 0 Å². The summed E-state index contributed by atoms with van der Waals surface area (Å²) in [5.41, 5.74) is 1.83. The average molecular weight is 421 g/mol. The molecule has 1 atom stereocenters. The number of pyridine rings is 2. The van der Waals surface area contributed by atoms with Gasteiger partial charge >= 0.3 is 5.97 Å². The normalized spacial score (nSPS) is 15.7. The van der Waals surface area contributed by atoms with Crippen LogP contribution in [0.4, 0.5) is 5.69 Å². The molecule has 1 aliphatic heterocycles. The van der Waals surface area contributed by atoms with Crippen LogP contribution in [0.3, 0.4) is 0 Å². The summed E-state index contributed by atoms with van der Waals surface area (Å²) in [4.78, 5) is 29.9. The van der Waals surface area contributed by atoms with Crippen LogP contribution in [-0.2, 0) is 4.74 Å². The van der Waals surface area contributed by atoms with Gasteiger partial charge in [-0.25, -0.2) is 4.79 Å². The standard InChI is InChI=1S/C24H27N3O4/c1-2-31-24(30)19-16-20(23(29)27-11-7-6-10-21(19)27)22(28)17-25-12-14-26(15-13-25)18-8-4-3-5-9-18/h3-11,16,22,28H,2,12-15,17H2,1H3. The first kappa shape index (κ1) is 21.1. The molecule has 0 amide bonds. The van der Waals surface area contributed by atoms with Crippen LogP contribution in [0.1, 0.15) is 28.9 Å². The van der Waals surface area contributed by atoms with Crippen LogP contribution in [0, 0.1) is 0 Å². The van der Waals surface area contributed by atoms with Gasteiger partial charge < -0.3 is 14.7 Å². The molecule has 7 heteroatoms. The number of carbonyl (C=O) groups is 1. The number of para-hydroxylation sites is 1. The molecule has 0 spiro atoms. The molecule has 2 aromatic heterocycles. The second-order valence-electron chi connectivity index (χ2n) is 7.63. The Balaban J connectivity index is 1.53. The third kappa shape index (κ3) is 4.47. The number of aromatic nitrogens is 1. The van der Waals surface area contributed by atoms with Crippen molar-refractivity contribution < 1.29 is 14.6 Å². The van der Waals surface area contributed by atoms with E-state index in [-0.39, 0.29) is 23.3 Å². The Labute approximate surface area is 181 Å². The zero-order chi connectivity index (χ0) is 21.8. The smallest absolute Gasteiger partial charge is 0.340 e. The Bertz CT molecular complexity index is 1100. The molecule has 3 heterocycles. The maximum Gasteiger partial charge on any atom is 0.340 e. The number of aliphatic hydroxyl groups excluding tert-OH is 1. The molecule has 1 aromatic carbocycles. The number of esters is 1. The van der Waals surface area contributed by atoms with E-state index in [1.54, 1.807) is 31.3 Å². The van der Waals surface area contributed by atoms with Gasteiger partial charge in [0.2, 0.25) is 0 Å². The molecular weight excluding hydrogens is 394 g/mol. The van der Waals surface area contributed by atoms with Crippen LogP contribution in [-0.4, -0.2) is 59.7 Å². The van der Waals surface area contributed by atoms with Gasteiger partial charge in [-0.3, -0.25) is 14.1 Å². The number of anilines is 1. The van der Waals surface area contributed by atoms with E-state index in [4.69, 9.17) is 4.74 Å². The van der Waals surface area contributed by atoms with Gasteiger partial charge in [0.25, 0.3) is 5.56 Å². The fourth-order valence-corrected chi connectivity index (χ4v) is 4.05. The van der Waals surface area contributed by atoms with Crippen LogP contribution in [0.5, 0.6) is 0 Å². The SMILES string of the molecule is CCOC(=O)c1cc(C(O)CN2CCN(c3ccccc3)CC2)c(=O)n2ccccc12. The molecular formula is C24H27N3O4. The molecule has 0 radical (unpaired) electrons. The molecule has 4 rings (SSSR count). The highest BCUT2D eigenvalue weighted by molar-refractivity contribution is 5.97. The second-order valence-corrected chi connectivity index (χ2v) is 7.63. The van der Waals surface area contributed by atoms with Crippen molar-refractivity contribution in [1.29, 1.82) is 0 Å². The van der Waals surface area contributed by atoms with Crippen LogP contribution in [0.15, 0.2) is 65.6 Å². The number of nitrogens with zero attached hydrogens (tertiary/aromatic N) is 3. The highest BCUT2D eigenvalue weighted by Crippen LogP contribution is 2.20. The van der Waals surface area contributed by atoms with Crippen LogP contribution in [0.25, 0.3) is 5.52 Å². The summed E-state index contributed by atoms with van der Waals surface area (Å²) in [6.45, 7) is 5.57. The molecule has 0 aliphatic carbocycles. The number of fused-ring (bicyclic) bond motifs is 1. The number of hydrogen-bond acceptors (Lipinski definition) is 6. The summed E-state index contributed by atoms with van der Waals surface area (Å²) in [7, 11) is 0. The molecule has 3 aromatic rings. The van der Waals surface area contributed by atoms with E-state index in [9.17, 15) is 14.7 Å². The lowest BCUT2D eigenvalue weighted by Crippen LogP contribution is -2.47. The Morgan fingerprint density at radius 3 is 2.48 bits per heavy atom. The summed E-state index contributed by atoms with van der Waals surface area (Å²) in [6, 6.07) is 16.9. The third-order valence-corrected chi connectivity index (χ3v) is 5.68. The van der Waals surface area contributed by atoms with E-state index in [2.05, 4.69) is 21.9 Å². The first-order valence-electron chi connectivity index (χ1n) is 10.6. The third-order valence-electron chi connectivity index (χ3n) is 5.68. The number of aliphatic hydroxyl groups is 1. The van der Waals surface area contributed by atoms with E-state index in [1.807, 2.05) is 18.2 Å². The van der Waals surface area contributed by atoms with Gasteiger partial charge in [0, 0.05) is 50.2 Å². The number of benzene rings is 1. The average Bonchev–Trinajstić information content (AvgIpc) is 2.80. The fraction of sp³-hybridized carbons (Fsp3) is 0.333. The lowest BCUT2D eigenvalue weighted by atomic mass is 10.1. The number of carbonyl (C=O) groups excluding carboxylic acids is 1. The number of piperazine rings is 1. The topological polar surface area (TPSA) is 74.5 Å². The van der Waals surface area contributed by atoms with Crippen molar-refractivity contribution in [2.24, 2.45) is 0 Å². The van der Waals surface area contributed by atoms with Gasteiger partial charge in [-0.15, -0.1) is 0 Å². The summed E-state index contributed by atoms with van der Waals surface area (Å²) >= 11 is 0. The lowest BCUT2D eigenvalue weighted by molar-refractivity contribution is 0.0527. The summed E-state index contributed by atoms with van der Waals surface area (Å²) < 4.78 is 6.56. The van der Waals surface area contributed by atoms with Gasteiger partial charge in [-0.1, -0.05) is 24.3 Å². The van der Waals surface area contributed by atoms with E-state index < -0.39 is 12.1 Å². The van der Waals surface area contributed by atoms with Gasteiger partial charge in [0.1, 0.15) is 0 Å². The Morgan fingerprint density at radius 2 is 1.77 bits per heavy atom. The van der Waals surface area contributed by atoms with Crippen molar-refractivity contribution in [2.45, 2.75) is 13.0 Å². The number of ether oxygens (including phenoxy) is 1. The maximum atomic E-state index is 13.0. The second kappa shape index (κ2) is 9.32. The molecule has 31 heavy (non-hydrogen) atoms. The predicted octanol–water partition coefficient (Wildman–Crippen LogP) is 2.33. The molecule has 1 unspecified atom stereocenters. The highest BCUT2D eigenvalue weighted by atomic mass is 16.5. The first-order valence-corrected chi connectivity index (χ1v) is 10.6. The first-order chi connectivity index (χ1) is 15.1. The Hall–Kier alpha value is -3.16. The Morgan fingerprint density at radius 1 is 1.06 bits per heavy atom. The molecule has 1 N–H and O–H groups in total. The van der Waals surface area contributed by atoms with Gasteiger partial charge in [-0.2, -0.15) is 0 Å². The van der Waals surface area contributed by atoms with Crippen LogP contribution >= 0.6 is 0 Å². The van der Waals surface area contributed by atoms with Gasteiger partial charge in [-0.05, 0) is 37.3 Å². The molecule has 162 valence electrons. The fourth-order valence-electron chi connectivity index (χ4n) is 4.05. The van der Waals surface area contributed by atoms with E-state index in [1.165, 1.54) is 16.2 Å². The lowest BCUT2D eigenvalue weighted by Gasteiger charge is -2.36. The van der Waals surface area contributed by atoms with Crippen LogP contribution in [0.2, 0.25) is 0 Å². The molecule has 0 saturated carbocycles. The minimum absolute atomic E-state index is 0.206. The summed E-state index contributed by atoms with van der Waals surface area (Å²) in [6.07, 6.45) is 0.607. The van der Waals surface area contributed by atoms with Crippen molar-refractivity contribution >= 4 is 17.2 Å². The number of rotatable bonds is 6. The zero-order valence-electron chi connectivity index (χ0n) is 17.6. The number of hydrogen-bond donors (Lipinski definition) is 1. The summed E-state index contributed by atoms with van der Waals surface area (Å²) in [5, 5.41) is 10.9. The van der Waals surface area contributed by atoms with E-state index >= 15 is 0 Å². The quantitative estimate of drug-likeness (QED) is 0.616. The van der Waals surface area contributed by atoms with E-state index in [0.717, 1.165) is 26.2 Å². The predicted molar refractivity (Wildman–Crippen MR) is 120 cm³/mol. The molecule has 1 aliphatic rings. The van der Waals surface area contributed by atoms with Crippen molar-refractivity contribution in [3.63, 3.8) is 0 Å². The maximum absolute atomic E-state index is 13.0. The largest absolute Gasteiger partial charge is 0.462 e. The minimum Gasteiger partial charge on any atom is -0.462 e. The molecule has 1 saturated heterocycles. The Kier molecular flexibility index (Phi) is 6.34. The minimum atomic E-state index is -0.999. The van der Waals surface area contributed by atoms with Gasteiger partial charge in [0.05, 0.1) is 23.8 Å². The van der Waals surface area contributed by atoms with Crippen molar-refractivity contribution in [3.8, 4) is 0 Å². The molecule has 7 nitrogen and oxygen atoms in total. The molecule has 1 fully saturated rings. The van der Waals surface area contributed by atoms with Crippen molar-refractivity contribution in [2.75, 3.05) is 44.2 Å². The zero-order valence-corrected chi connectivity index (χ0v) is 17.6. The number of β-amino-alcohol motifs (C(OH)–C–C–N with tert-alkyl or cyclic N) is 1. The highest BCUT2D eigenvalue weighted by Gasteiger charge is 2.24. The van der Waals surface area contributed by atoms with E-state index in [0.29, 0.717) is 12.1 Å². The van der Waals surface area contributed by atoms with Crippen molar-refractivity contribution in [3.05, 3.63) is 82.3 Å². The van der Waals surface area contributed by atoms with Crippen LogP contribution < -0.4 is 10.5 Å². The molecule has 0 bridgehead atoms. The monoisotopic (exact) mass is 421 g/mol. The summed E-state index contributed by atoms with van der Waals surface area (Å²) in [5.74, 6) is -0.504.